The van der Waals surface area contributed by atoms with E-state index in [4.69, 9.17) is 0 Å². The monoisotopic (exact) mass is 314 g/mol. The van der Waals surface area contributed by atoms with Gasteiger partial charge in [0.15, 0.2) is 0 Å². The second-order valence-corrected chi connectivity index (χ2v) is 7.11. The zero-order valence-corrected chi connectivity index (χ0v) is 13.4. The number of aliphatic imine (C=N–C) groups is 1. The molecule has 2 aromatic rings. The molecule has 0 fully saturated rings. The van der Waals surface area contributed by atoms with E-state index in [0.29, 0.717) is 0 Å². The molecule has 0 spiro atoms. The summed E-state index contributed by atoms with van der Waals surface area (Å²) < 4.78 is 2.22. The second-order valence-electron chi connectivity index (χ2n) is 4.79. The number of aryl methyl sites for hydroxylation is 1. The van der Waals surface area contributed by atoms with E-state index in [9.17, 15) is 0 Å². The minimum absolute atomic E-state index is 1.03. The average molecular weight is 314 g/mol. The first-order valence-corrected chi connectivity index (χ1v) is 9.04. The number of nitrogens with zero attached hydrogens (tertiary/aromatic N) is 2. The topological polar surface area (TPSA) is 15.6 Å². The summed E-state index contributed by atoms with van der Waals surface area (Å²) in [6, 6.07) is 19.0. The first-order chi connectivity index (χ1) is 10.4. The van der Waals surface area contributed by atoms with Crippen LogP contribution in [0.15, 0.2) is 64.5 Å². The molecule has 0 bridgehead atoms. The smallest absolute Gasteiger partial charge is 0.101 e. The van der Waals surface area contributed by atoms with E-state index in [1.165, 1.54) is 16.2 Å². The summed E-state index contributed by atoms with van der Waals surface area (Å²) in [7, 11) is 0. The van der Waals surface area contributed by atoms with E-state index < -0.39 is 0 Å². The molecule has 0 N–H and O–H groups in total. The summed E-state index contributed by atoms with van der Waals surface area (Å²) in [5.74, 6) is 2.31. The van der Waals surface area contributed by atoms with Crippen molar-refractivity contribution >= 4 is 35.7 Å². The van der Waals surface area contributed by atoms with E-state index in [0.717, 1.165) is 24.4 Å². The third-order valence-corrected chi connectivity index (χ3v) is 5.26. The van der Waals surface area contributed by atoms with Crippen LogP contribution in [-0.2, 0) is 6.42 Å². The Morgan fingerprint density at radius 1 is 0.952 bits per heavy atom. The molecule has 1 aliphatic rings. The quantitative estimate of drug-likeness (QED) is 0.570. The lowest BCUT2D eigenvalue weighted by molar-refractivity contribution is 0.735. The minimum atomic E-state index is 1.03. The van der Waals surface area contributed by atoms with Crippen molar-refractivity contribution in [2.24, 2.45) is 4.99 Å². The van der Waals surface area contributed by atoms with Crippen molar-refractivity contribution < 1.29 is 0 Å². The highest BCUT2D eigenvalue weighted by Gasteiger charge is 2.11. The SMILES string of the molecule is C1=Nc2ccccc2SN1CCSCCc1ccccc1. The molecule has 2 aromatic carbocycles. The van der Waals surface area contributed by atoms with Crippen LogP contribution in [0.25, 0.3) is 0 Å². The molecule has 0 radical (unpaired) electrons. The third kappa shape index (κ3) is 4.29. The summed E-state index contributed by atoms with van der Waals surface area (Å²) in [6.07, 6.45) is 3.10. The summed E-state index contributed by atoms with van der Waals surface area (Å²) >= 11 is 3.79. The van der Waals surface area contributed by atoms with Crippen molar-refractivity contribution in [1.82, 2.24) is 4.31 Å². The summed E-state index contributed by atoms with van der Waals surface area (Å²) in [5.41, 5.74) is 2.50. The van der Waals surface area contributed by atoms with Gasteiger partial charge >= 0.3 is 0 Å². The van der Waals surface area contributed by atoms with Crippen molar-refractivity contribution in [2.45, 2.75) is 11.3 Å². The molecule has 0 atom stereocenters. The minimum Gasteiger partial charge on any atom is -0.302 e. The van der Waals surface area contributed by atoms with Gasteiger partial charge in [-0.25, -0.2) is 4.99 Å². The predicted molar refractivity (Wildman–Crippen MR) is 94.6 cm³/mol. The average Bonchev–Trinajstić information content (AvgIpc) is 2.55. The van der Waals surface area contributed by atoms with Gasteiger partial charge in [-0.1, -0.05) is 42.5 Å². The number of para-hydroxylation sites is 1. The Hall–Kier alpha value is -1.39. The molecule has 1 aliphatic heterocycles. The standard InChI is InChI=1S/C17H18N2S2/c1-2-6-15(7-3-1)10-12-20-13-11-19-14-18-16-8-4-5-9-17(16)21-19/h1-9,14H,10-13H2. The van der Waals surface area contributed by atoms with Crippen LogP contribution in [0.3, 0.4) is 0 Å². The first-order valence-electron chi connectivity index (χ1n) is 7.11. The highest BCUT2D eigenvalue weighted by Crippen LogP contribution is 2.34. The van der Waals surface area contributed by atoms with Crippen LogP contribution < -0.4 is 0 Å². The van der Waals surface area contributed by atoms with Crippen LogP contribution in [0.2, 0.25) is 0 Å². The molecule has 3 rings (SSSR count). The fraction of sp³-hybridized carbons (Fsp3) is 0.235. The highest BCUT2D eigenvalue weighted by molar-refractivity contribution is 7.99. The lowest BCUT2D eigenvalue weighted by Gasteiger charge is -2.22. The van der Waals surface area contributed by atoms with Crippen LogP contribution >= 0.6 is 23.7 Å². The van der Waals surface area contributed by atoms with Gasteiger partial charge in [0.1, 0.15) is 6.34 Å². The zero-order valence-electron chi connectivity index (χ0n) is 11.8. The maximum Gasteiger partial charge on any atom is 0.101 e. The van der Waals surface area contributed by atoms with Gasteiger partial charge in [-0.3, -0.25) is 0 Å². The number of benzene rings is 2. The molecular weight excluding hydrogens is 296 g/mol. The molecule has 0 aromatic heterocycles. The molecule has 1 heterocycles. The van der Waals surface area contributed by atoms with Gasteiger partial charge in [-0.05, 0) is 41.8 Å². The highest BCUT2D eigenvalue weighted by atomic mass is 32.2. The van der Waals surface area contributed by atoms with E-state index >= 15 is 0 Å². The van der Waals surface area contributed by atoms with E-state index in [-0.39, 0.29) is 0 Å². The molecular formula is C17H18N2S2. The van der Waals surface area contributed by atoms with Crippen molar-refractivity contribution in [2.75, 3.05) is 18.1 Å². The zero-order chi connectivity index (χ0) is 14.3. The fourth-order valence-corrected chi connectivity index (χ4v) is 4.02. The number of rotatable bonds is 6. The van der Waals surface area contributed by atoms with Crippen LogP contribution in [0.1, 0.15) is 5.56 Å². The Balaban J connectivity index is 1.37. The van der Waals surface area contributed by atoms with Gasteiger partial charge in [0.05, 0.1) is 10.6 Å². The molecule has 0 amide bonds. The van der Waals surface area contributed by atoms with Crippen molar-refractivity contribution in [1.29, 1.82) is 0 Å². The van der Waals surface area contributed by atoms with Gasteiger partial charge in [0.2, 0.25) is 0 Å². The Labute approximate surface area is 134 Å². The van der Waals surface area contributed by atoms with Crippen molar-refractivity contribution in [3.8, 4) is 0 Å². The first kappa shape index (κ1) is 14.5. The molecule has 0 saturated carbocycles. The fourth-order valence-electron chi connectivity index (χ4n) is 2.11. The van der Waals surface area contributed by atoms with Gasteiger partial charge in [0.25, 0.3) is 0 Å². The molecule has 0 saturated heterocycles. The number of hydrogen-bond acceptors (Lipinski definition) is 4. The molecule has 108 valence electrons. The van der Waals surface area contributed by atoms with Gasteiger partial charge < -0.3 is 4.31 Å². The van der Waals surface area contributed by atoms with Gasteiger partial charge in [0, 0.05) is 12.3 Å². The van der Waals surface area contributed by atoms with Crippen molar-refractivity contribution in [3.63, 3.8) is 0 Å². The lowest BCUT2D eigenvalue weighted by Crippen LogP contribution is -2.18. The number of thioether (sulfide) groups is 1. The molecule has 0 unspecified atom stereocenters. The number of hydrogen-bond donors (Lipinski definition) is 0. The van der Waals surface area contributed by atoms with Gasteiger partial charge in [-0.15, -0.1) is 0 Å². The molecule has 4 heteroatoms. The maximum absolute atomic E-state index is 4.49. The largest absolute Gasteiger partial charge is 0.302 e. The summed E-state index contributed by atoms with van der Waals surface area (Å²) in [5, 5.41) is 0. The number of fused-ring (bicyclic) bond motifs is 1. The van der Waals surface area contributed by atoms with Gasteiger partial charge in [-0.2, -0.15) is 11.8 Å². The van der Waals surface area contributed by atoms with E-state index in [2.05, 4.69) is 57.8 Å². The van der Waals surface area contributed by atoms with E-state index in [1.54, 1.807) is 11.9 Å². The van der Waals surface area contributed by atoms with Crippen LogP contribution in [0.4, 0.5) is 5.69 Å². The molecule has 0 aliphatic carbocycles. The summed E-state index contributed by atoms with van der Waals surface area (Å²) in [4.78, 5) is 5.74. The second kappa shape index (κ2) is 7.57. The molecule has 21 heavy (non-hydrogen) atoms. The normalized spacial score (nSPS) is 13.2. The lowest BCUT2D eigenvalue weighted by atomic mass is 10.2. The third-order valence-electron chi connectivity index (χ3n) is 3.24. The Morgan fingerprint density at radius 2 is 1.76 bits per heavy atom. The van der Waals surface area contributed by atoms with Crippen molar-refractivity contribution in [3.05, 3.63) is 60.2 Å². The van der Waals surface area contributed by atoms with Crippen LogP contribution in [0, 0.1) is 0 Å². The van der Waals surface area contributed by atoms with E-state index in [1.807, 2.05) is 24.2 Å². The van der Waals surface area contributed by atoms with Crippen LogP contribution in [0.5, 0.6) is 0 Å². The summed E-state index contributed by atoms with van der Waals surface area (Å²) in [6.45, 7) is 1.03. The van der Waals surface area contributed by atoms with Crippen LogP contribution in [-0.4, -0.2) is 28.7 Å². The molecule has 2 nitrogen and oxygen atoms in total. The Kier molecular flexibility index (Phi) is 5.24. The Bertz CT molecular complexity index is 599. The Morgan fingerprint density at radius 3 is 2.67 bits per heavy atom. The maximum atomic E-state index is 4.49. The predicted octanol–water partition coefficient (Wildman–Crippen LogP) is 4.65.